The van der Waals surface area contributed by atoms with Crippen LogP contribution in [0, 0.1) is 0 Å². The highest BCUT2D eigenvalue weighted by molar-refractivity contribution is 7.19. The Bertz CT molecular complexity index is 647. The molecule has 20 heavy (non-hydrogen) atoms. The third-order valence-corrected chi connectivity index (χ3v) is 5.02. The van der Waals surface area contributed by atoms with Gasteiger partial charge in [0.05, 0.1) is 0 Å². The van der Waals surface area contributed by atoms with Gasteiger partial charge < -0.3 is 5.32 Å². The monoisotopic (exact) mass is 286 g/mol. The maximum absolute atomic E-state index is 10.5. The maximum atomic E-state index is 10.5. The third kappa shape index (κ3) is 2.49. The van der Waals surface area contributed by atoms with Gasteiger partial charge in [0.2, 0.25) is 6.41 Å². The first-order chi connectivity index (χ1) is 9.81. The summed E-state index contributed by atoms with van der Waals surface area (Å²) in [5.74, 6) is 0. The van der Waals surface area contributed by atoms with Crippen molar-refractivity contribution in [1.82, 2.24) is 4.90 Å². The number of nitrogens with zero attached hydrogens (tertiary/aromatic N) is 1. The van der Waals surface area contributed by atoms with Crippen molar-refractivity contribution in [3.63, 3.8) is 0 Å². The molecule has 3 nitrogen and oxygen atoms in total. The second-order valence-corrected chi connectivity index (χ2v) is 6.09. The molecule has 1 aliphatic heterocycles. The lowest BCUT2D eigenvalue weighted by molar-refractivity contribution is -0.105. The van der Waals surface area contributed by atoms with Crippen LogP contribution >= 0.6 is 11.3 Å². The van der Waals surface area contributed by atoms with E-state index in [4.69, 9.17) is 0 Å². The molecule has 1 aromatic heterocycles. The Morgan fingerprint density at radius 3 is 3.10 bits per heavy atom. The van der Waals surface area contributed by atoms with E-state index < -0.39 is 0 Å². The van der Waals surface area contributed by atoms with Crippen molar-refractivity contribution in [1.29, 1.82) is 0 Å². The van der Waals surface area contributed by atoms with Crippen LogP contribution in [0.1, 0.15) is 24.3 Å². The van der Waals surface area contributed by atoms with Crippen molar-refractivity contribution in [3.05, 3.63) is 41.3 Å². The number of hydrogen-bond donors (Lipinski definition) is 1. The first-order valence-electron chi connectivity index (χ1n) is 6.94. The smallest absolute Gasteiger partial charge is 0.211 e. The van der Waals surface area contributed by atoms with E-state index in [0.29, 0.717) is 6.04 Å². The van der Waals surface area contributed by atoms with Gasteiger partial charge in [-0.2, -0.15) is 0 Å². The fourth-order valence-electron chi connectivity index (χ4n) is 2.74. The van der Waals surface area contributed by atoms with Gasteiger partial charge >= 0.3 is 0 Å². The number of likely N-dealkylation sites (N-methyl/N-ethyl adjacent to an activating group) is 1. The largest absolute Gasteiger partial charge is 0.329 e. The number of hydrogen-bond acceptors (Lipinski definition) is 3. The number of thiophene rings is 1. The molecule has 1 atom stereocenters. The Morgan fingerprint density at radius 1 is 1.40 bits per heavy atom. The highest BCUT2D eigenvalue weighted by Crippen LogP contribution is 2.36. The van der Waals surface area contributed by atoms with Gasteiger partial charge in [0, 0.05) is 27.9 Å². The van der Waals surface area contributed by atoms with Crippen LogP contribution in [0.3, 0.4) is 0 Å². The number of carbonyl (C=O) groups is 1. The van der Waals surface area contributed by atoms with Crippen molar-refractivity contribution in [3.8, 4) is 0 Å². The Morgan fingerprint density at radius 2 is 2.30 bits per heavy atom. The topological polar surface area (TPSA) is 32.3 Å². The summed E-state index contributed by atoms with van der Waals surface area (Å²) >= 11 is 1.86. The van der Waals surface area contributed by atoms with Crippen LogP contribution in [0.5, 0.6) is 0 Å². The molecule has 1 aromatic carbocycles. The molecule has 3 rings (SSSR count). The second kappa shape index (κ2) is 5.77. The summed E-state index contributed by atoms with van der Waals surface area (Å²) in [6.45, 7) is 4.32. The Balaban J connectivity index is 1.95. The standard InChI is InChI=1S/C16H18N2OS/c1-2-18-8-4-3-5-14(18)16-10-12-9-13(17-11-19)6-7-15(12)20-16/h3-4,6-7,9-11,14H,2,5,8H2,1H3,(H,17,19). The van der Waals surface area contributed by atoms with Crippen molar-refractivity contribution >= 4 is 33.5 Å². The summed E-state index contributed by atoms with van der Waals surface area (Å²) in [6, 6.07) is 8.84. The predicted octanol–water partition coefficient (Wildman–Crippen LogP) is 3.79. The molecule has 1 amide bonds. The van der Waals surface area contributed by atoms with Crippen LogP contribution in [0.4, 0.5) is 5.69 Å². The van der Waals surface area contributed by atoms with Crippen LogP contribution in [0.2, 0.25) is 0 Å². The summed E-state index contributed by atoms with van der Waals surface area (Å²) in [6.07, 6.45) is 6.33. The van der Waals surface area contributed by atoms with E-state index in [-0.39, 0.29) is 0 Å². The van der Waals surface area contributed by atoms with Crippen molar-refractivity contribution in [2.45, 2.75) is 19.4 Å². The van der Waals surface area contributed by atoms with Crippen molar-refractivity contribution in [2.24, 2.45) is 0 Å². The van der Waals surface area contributed by atoms with E-state index in [1.54, 1.807) is 0 Å². The molecule has 0 radical (unpaired) electrons. The van der Waals surface area contributed by atoms with Gasteiger partial charge in [-0.25, -0.2) is 0 Å². The number of carbonyl (C=O) groups excluding carboxylic acids is 1. The van der Waals surface area contributed by atoms with E-state index >= 15 is 0 Å². The lowest BCUT2D eigenvalue weighted by Crippen LogP contribution is -2.30. The minimum Gasteiger partial charge on any atom is -0.329 e. The molecule has 1 unspecified atom stereocenters. The molecule has 2 aromatic rings. The van der Waals surface area contributed by atoms with Crippen LogP contribution in [-0.4, -0.2) is 24.4 Å². The van der Waals surface area contributed by atoms with Gasteiger partial charge in [-0.1, -0.05) is 19.1 Å². The summed E-state index contributed by atoms with van der Waals surface area (Å²) in [4.78, 5) is 14.4. The van der Waals surface area contributed by atoms with Gasteiger partial charge in [0.1, 0.15) is 0 Å². The van der Waals surface area contributed by atoms with Crippen LogP contribution in [-0.2, 0) is 4.79 Å². The number of nitrogens with one attached hydrogen (secondary N) is 1. The summed E-state index contributed by atoms with van der Waals surface area (Å²) < 4.78 is 1.28. The van der Waals surface area contributed by atoms with Crippen LogP contribution in [0.15, 0.2) is 36.4 Å². The summed E-state index contributed by atoms with van der Waals surface area (Å²) in [7, 11) is 0. The molecule has 2 heterocycles. The molecule has 1 aliphatic rings. The molecule has 0 saturated carbocycles. The number of anilines is 1. The highest BCUT2D eigenvalue weighted by atomic mass is 32.1. The molecular weight excluding hydrogens is 268 g/mol. The Hall–Kier alpha value is -1.65. The van der Waals surface area contributed by atoms with Gasteiger partial charge in [-0.15, -0.1) is 11.3 Å². The fourth-order valence-corrected chi connectivity index (χ4v) is 3.94. The predicted molar refractivity (Wildman–Crippen MR) is 85.3 cm³/mol. The molecule has 1 N–H and O–H groups in total. The molecule has 0 fully saturated rings. The highest BCUT2D eigenvalue weighted by Gasteiger charge is 2.21. The van der Waals surface area contributed by atoms with E-state index in [0.717, 1.165) is 31.6 Å². The molecular formula is C16H18N2OS. The van der Waals surface area contributed by atoms with Crippen LogP contribution in [0.25, 0.3) is 10.1 Å². The Labute approximate surface area is 122 Å². The first-order valence-corrected chi connectivity index (χ1v) is 7.76. The SMILES string of the molecule is CCN1CC=CCC1c1cc2cc(NC=O)ccc2s1. The average molecular weight is 286 g/mol. The zero-order valence-corrected chi connectivity index (χ0v) is 12.3. The zero-order valence-electron chi connectivity index (χ0n) is 11.5. The minimum absolute atomic E-state index is 0.491. The number of amides is 1. The molecule has 0 bridgehead atoms. The molecule has 4 heteroatoms. The normalized spacial score (nSPS) is 19.4. The zero-order chi connectivity index (χ0) is 13.9. The van der Waals surface area contributed by atoms with E-state index in [2.05, 4.69) is 41.4 Å². The summed E-state index contributed by atoms with van der Waals surface area (Å²) in [5, 5.41) is 3.92. The number of fused-ring (bicyclic) bond motifs is 1. The van der Waals surface area contributed by atoms with E-state index in [1.807, 2.05) is 23.5 Å². The fraction of sp³-hybridized carbons (Fsp3) is 0.312. The first kappa shape index (κ1) is 13.3. The lowest BCUT2D eigenvalue weighted by atomic mass is 10.1. The third-order valence-electron chi connectivity index (χ3n) is 3.80. The van der Waals surface area contributed by atoms with Crippen molar-refractivity contribution < 1.29 is 4.79 Å². The van der Waals surface area contributed by atoms with Crippen LogP contribution < -0.4 is 5.32 Å². The molecule has 0 aliphatic carbocycles. The summed E-state index contributed by atoms with van der Waals surface area (Å²) in [5.41, 5.74) is 0.854. The Kier molecular flexibility index (Phi) is 3.85. The molecule has 104 valence electrons. The number of rotatable bonds is 4. The van der Waals surface area contributed by atoms with Gasteiger partial charge in [0.25, 0.3) is 0 Å². The van der Waals surface area contributed by atoms with Gasteiger partial charge in [-0.3, -0.25) is 9.69 Å². The maximum Gasteiger partial charge on any atom is 0.211 e. The van der Waals surface area contributed by atoms with Crippen molar-refractivity contribution in [2.75, 3.05) is 18.4 Å². The average Bonchev–Trinajstić information content (AvgIpc) is 2.90. The van der Waals surface area contributed by atoms with Gasteiger partial charge in [0.15, 0.2) is 0 Å². The quantitative estimate of drug-likeness (QED) is 0.685. The van der Waals surface area contributed by atoms with E-state index in [1.165, 1.54) is 15.0 Å². The second-order valence-electron chi connectivity index (χ2n) is 4.97. The molecule has 0 spiro atoms. The molecule has 0 saturated heterocycles. The minimum atomic E-state index is 0.491. The van der Waals surface area contributed by atoms with E-state index in [9.17, 15) is 4.79 Å². The van der Waals surface area contributed by atoms with Gasteiger partial charge in [-0.05, 0) is 42.6 Å². The lowest BCUT2D eigenvalue weighted by Gasteiger charge is -2.31. The number of benzene rings is 1.